The van der Waals surface area contributed by atoms with E-state index < -0.39 is 0 Å². The SMILES string of the molecule is CC(C)(C)c1ccc(OCc2nn[nH]n2)cc1. The molecule has 0 aliphatic heterocycles. The molecule has 0 bridgehead atoms. The monoisotopic (exact) mass is 232 g/mol. The maximum atomic E-state index is 5.53. The predicted molar refractivity (Wildman–Crippen MR) is 63.7 cm³/mol. The summed E-state index contributed by atoms with van der Waals surface area (Å²) >= 11 is 0. The summed E-state index contributed by atoms with van der Waals surface area (Å²) in [4.78, 5) is 0. The van der Waals surface area contributed by atoms with Crippen LogP contribution in [0.2, 0.25) is 0 Å². The van der Waals surface area contributed by atoms with Crippen molar-refractivity contribution >= 4 is 0 Å². The van der Waals surface area contributed by atoms with Crippen molar-refractivity contribution in [1.82, 2.24) is 20.6 Å². The number of nitrogens with zero attached hydrogens (tertiary/aromatic N) is 3. The number of hydrogen-bond acceptors (Lipinski definition) is 4. The summed E-state index contributed by atoms with van der Waals surface area (Å²) in [6.07, 6.45) is 0. The van der Waals surface area contributed by atoms with Gasteiger partial charge in [-0.2, -0.15) is 5.21 Å². The van der Waals surface area contributed by atoms with E-state index in [4.69, 9.17) is 4.74 Å². The zero-order valence-electron chi connectivity index (χ0n) is 10.3. The van der Waals surface area contributed by atoms with E-state index in [-0.39, 0.29) is 5.41 Å². The number of tetrazole rings is 1. The number of aromatic nitrogens is 4. The summed E-state index contributed by atoms with van der Waals surface area (Å²) in [6, 6.07) is 8.07. The van der Waals surface area contributed by atoms with E-state index >= 15 is 0 Å². The molecule has 0 aliphatic carbocycles. The molecule has 1 heterocycles. The molecule has 1 N–H and O–H groups in total. The molecule has 0 atom stereocenters. The van der Waals surface area contributed by atoms with Crippen molar-refractivity contribution in [2.75, 3.05) is 0 Å². The fraction of sp³-hybridized carbons (Fsp3) is 0.417. The molecule has 17 heavy (non-hydrogen) atoms. The van der Waals surface area contributed by atoms with E-state index in [0.717, 1.165) is 5.75 Å². The van der Waals surface area contributed by atoms with Crippen LogP contribution < -0.4 is 4.74 Å². The Labute approximate surface area is 100 Å². The molecule has 0 amide bonds. The first-order valence-electron chi connectivity index (χ1n) is 5.51. The van der Waals surface area contributed by atoms with Gasteiger partial charge in [-0.25, -0.2) is 0 Å². The highest BCUT2D eigenvalue weighted by Crippen LogP contribution is 2.24. The molecule has 1 aromatic carbocycles. The van der Waals surface area contributed by atoms with E-state index in [0.29, 0.717) is 12.4 Å². The molecule has 0 radical (unpaired) electrons. The van der Waals surface area contributed by atoms with Crippen LogP contribution in [0, 0.1) is 0 Å². The molecule has 5 heteroatoms. The lowest BCUT2D eigenvalue weighted by Gasteiger charge is -2.19. The zero-order valence-corrected chi connectivity index (χ0v) is 10.3. The lowest BCUT2D eigenvalue weighted by atomic mass is 9.87. The van der Waals surface area contributed by atoms with Crippen molar-refractivity contribution in [2.24, 2.45) is 0 Å². The molecule has 2 aromatic rings. The largest absolute Gasteiger partial charge is 0.485 e. The Balaban J connectivity index is 1.99. The van der Waals surface area contributed by atoms with Crippen molar-refractivity contribution in [3.63, 3.8) is 0 Å². The second kappa shape index (κ2) is 4.53. The zero-order chi connectivity index (χ0) is 12.3. The van der Waals surface area contributed by atoms with Crippen LogP contribution in [-0.4, -0.2) is 20.6 Å². The Kier molecular flexibility index (Phi) is 3.08. The Bertz CT molecular complexity index is 456. The first-order chi connectivity index (χ1) is 8.05. The van der Waals surface area contributed by atoms with Gasteiger partial charge in [0, 0.05) is 0 Å². The second-order valence-electron chi connectivity index (χ2n) is 4.89. The van der Waals surface area contributed by atoms with Crippen LogP contribution in [0.3, 0.4) is 0 Å². The minimum Gasteiger partial charge on any atom is -0.485 e. The minimum atomic E-state index is 0.159. The highest BCUT2D eigenvalue weighted by atomic mass is 16.5. The minimum absolute atomic E-state index is 0.159. The summed E-state index contributed by atoms with van der Waals surface area (Å²) in [7, 11) is 0. The van der Waals surface area contributed by atoms with Gasteiger partial charge in [-0.05, 0) is 23.1 Å². The maximum Gasteiger partial charge on any atom is 0.211 e. The number of hydrogen-bond donors (Lipinski definition) is 1. The van der Waals surface area contributed by atoms with E-state index in [2.05, 4.69) is 53.5 Å². The predicted octanol–water partition coefficient (Wildman–Crippen LogP) is 2.08. The number of H-pyrrole nitrogens is 1. The Morgan fingerprint density at radius 1 is 1.18 bits per heavy atom. The van der Waals surface area contributed by atoms with Crippen LogP contribution >= 0.6 is 0 Å². The third-order valence-corrected chi connectivity index (χ3v) is 2.48. The standard InChI is InChI=1S/C12H16N4O/c1-12(2,3)9-4-6-10(7-5-9)17-8-11-13-15-16-14-11/h4-7H,8H2,1-3H3,(H,13,14,15,16). The van der Waals surface area contributed by atoms with Crippen molar-refractivity contribution in [2.45, 2.75) is 32.8 Å². The molecule has 0 saturated carbocycles. The summed E-state index contributed by atoms with van der Waals surface area (Å²) in [5.41, 5.74) is 1.44. The van der Waals surface area contributed by atoms with Crippen LogP contribution in [0.4, 0.5) is 0 Å². The molecule has 0 unspecified atom stereocenters. The molecule has 0 spiro atoms. The molecule has 2 rings (SSSR count). The van der Waals surface area contributed by atoms with Gasteiger partial charge < -0.3 is 4.74 Å². The van der Waals surface area contributed by atoms with E-state index in [1.807, 2.05) is 12.1 Å². The molecule has 0 fully saturated rings. The van der Waals surface area contributed by atoms with Gasteiger partial charge in [0.15, 0.2) is 6.61 Å². The van der Waals surface area contributed by atoms with Crippen LogP contribution in [0.1, 0.15) is 32.2 Å². The maximum absolute atomic E-state index is 5.53. The van der Waals surface area contributed by atoms with E-state index in [1.165, 1.54) is 5.56 Å². The van der Waals surface area contributed by atoms with Crippen LogP contribution in [0.15, 0.2) is 24.3 Å². The van der Waals surface area contributed by atoms with Crippen molar-refractivity contribution in [1.29, 1.82) is 0 Å². The third-order valence-electron chi connectivity index (χ3n) is 2.48. The van der Waals surface area contributed by atoms with Gasteiger partial charge in [0.25, 0.3) is 0 Å². The third kappa shape index (κ3) is 3.03. The number of nitrogens with one attached hydrogen (secondary N) is 1. The molecule has 0 aliphatic rings. The second-order valence-corrected chi connectivity index (χ2v) is 4.89. The van der Waals surface area contributed by atoms with Gasteiger partial charge in [-0.3, -0.25) is 0 Å². The lowest BCUT2D eigenvalue weighted by Crippen LogP contribution is -2.10. The van der Waals surface area contributed by atoms with Crippen molar-refractivity contribution in [3.05, 3.63) is 35.7 Å². The van der Waals surface area contributed by atoms with Gasteiger partial charge in [0.05, 0.1) is 0 Å². The van der Waals surface area contributed by atoms with Gasteiger partial charge in [0.1, 0.15) is 5.75 Å². The van der Waals surface area contributed by atoms with E-state index in [9.17, 15) is 0 Å². The Hall–Kier alpha value is -1.91. The van der Waals surface area contributed by atoms with Gasteiger partial charge in [0.2, 0.25) is 5.82 Å². The Morgan fingerprint density at radius 3 is 2.41 bits per heavy atom. The molecule has 1 aromatic heterocycles. The van der Waals surface area contributed by atoms with Crippen LogP contribution in [0.25, 0.3) is 0 Å². The molecule has 90 valence electrons. The average Bonchev–Trinajstić information content (AvgIpc) is 2.78. The topological polar surface area (TPSA) is 63.7 Å². The first-order valence-corrected chi connectivity index (χ1v) is 5.51. The molecule has 0 saturated heterocycles. The number of rotatable bonds is 3. The van der Waals surface area contributed by atoms with E-state index in [1.54, 1.807) is 0 Å². The van der Waals surface area contributed by atoms with Crippen LogP contribution in [0.5, 0.6) is 5.75 Å². The highest BCUT2D eigenvalue weighted by Gasteiger charge is 2.12. The summed E-state index contributed by atoms with van der Waals surface area (Å²) in [6.45, 7) is 6.87. The average molecular weight is 232 g/mol. The summed E-state index contributed by atoms with van der Waals surface area (Å²) < 4.78 is 5.53. The number of aromatic amines is 1. The summed E-state index contributed by atoms with van der Waals surface area (Å²) in [5, 5.41) is 13.5. The number of ether oxygens (including phenoxy) is 1. The first kappa shape index (κ1) is 11.6. The normalized spacial score (nSPS) is 11.5. The summed E-state index contributed by atoms with van der Waals surface area (Å²) in [5.74, 6) is 1.35. The van der Waals surface area contributed by atoms with Gasteiger partial charge in [-0.15, -0.1) is 10.2 Å². The van der Waals surface area contributed by atoms with Gasteiger partial charge >= 0.3 is 0 Å². The smallest absolute Gasteiger partial charge is 0.211 e. The quantitative estimate of drug-likeness (QED) is 0.880. The molecule has 5 nitrogen and oxygen atoms in total. The van der Waals surface area contributed by atoms with Gasteiger partial charge in [-0.1, -0.05) is 38.1 Å². The van der Waals surface area contributed by atoms with Crippen molar-refractivity contribution < 1.29 is 4.74 Å². The molecular formula is C12H16N4O. The fourth-order valence-electron chi connectivity index (χ4n) is 1.44. The van der Waals surface area contributed by atoms with Crippen molar-refractivity contribution in [3.8, 4) is 5.75 Å². The lowest BCUT2D eigenvalue weighted by molar-refractivity contribution is 0.295. The fourth-order valence-corrected chi connectivity index (χ4v) is 1.44. The van der Waals surface area contributed by atoms with Crippen LogP contribution in [-0.2, 0) is 12.0 Å². The highest BCUT2D eigenvalue weighted by molar-refractivity contribution is 5.31. The molecular weight excluding hydrogens is 216 g/mol. The Morgan fingerprint density at radius 2 is 1.88 bits per heavy atom. The number of benzene rings is 1.